The van der Waals surface area contributed by atoms with Crippen LogP contribution in [0.1, 0.15) is 26.6 Å². The fourth-order valence-electron chi connectivity index (χ4n) is 2.20. The summed E-state index contributed by atoms with van der Waals surface area (Å²) >= 11 is 1.54. The first kappa shape index (κ1) is 15.2. The smallest absolute Gasteiger partial charge is 0.338 e. The molecule has 3 aromatic rings. The van der Waals surface area contributed by atoms with Crippen molar-refractivity contribution in [1.29, 1.82) is 0 Å². The van der Waals surface area contributed by atoms with Gasteiger partial charge < -0.3 is 15.6 Å². The van der Waals surface area contributed by atoms with Crippen LogP contribution in [-0.4, -0.2) is 21.0 Å². The molecule has 0 spiro atoms. The first-order valence-electron chi connectivity index (χ1n) is 6.94. The molecule has 6 nitrogen and oxygen atoms in total. The van der Waals surface area contributed by atoms with Crippen molar-refractivity contribution in [1.82, 2.24) is 9.97 Å². The Kier molecular flexibility index (Phi) is 3.87. The van der Waals surface area contributed by atoms with Crippen LogP contribution >= 0.6 is 11.3 Å². The summed E-state index contributed by atoms with van der Waals surface area (Å²) in [6.45, 7) is 3.93. The first-order chi connectivity index (χ1) is 11.0. The molecule has 0 bridgehead atoms. The summed E-state index contributed by atoms with van der Waals surface area (Å²) in [6.07, 6.45) is 0. The molecule has 0 aliphatic carbocycles. The van der Waals surface area contributed by atoms with Crippen molar-refractivity contribution in [2.24, 2.45) is 0 Å². The summed E-state index contributed by atoms with van der Waals surface area (Å²) in [7, 11) is 0. The maximum atomic E-state index is 11.9. The number of hydrogen-bond acceptors (Lipinski definition) is 7. The van der Waals surface area contributed by atoms with E-state index in [4.69, 9.17) is 10.5 Å². The maximum Gasteiger partial charge on any atom is 0.338 e. The molecule has 0 saturated carbocycles. The van der Waals surface area contributed by atoms with E-state index in [1.54, 1.807) is 0 Å². The van der Waals surface area contributed by atoms with Crippen LogP contribution in [-0.2, 0) is 11.3 Å². The average Bonchev–Trinajstić information content (AvgIpc) is 2.80. The summed E-state index contributed by atoms with van der Waals surface area (Å²) in [5.74, 6) is 0.341. The van der Waals surface area contributed by atoms with Crippen LogP contribution in [0.15, 0.2) is 24.3 Å². The number of anilines is 1. The van der Waals surface area contributed by atoms with E-state index in [0.29, 0.717) is 17.2 Å². The number of ether oxygens (including phenoxy) is 1. The molecular weight excluding hydrogens is 314 g/mol. The van der Waals surface area contributed by atoms with E-state index >= 15 is 0 Å². The number of benzene rings is 1. The van der Waals surface area contributed by atoms with Crippen molar-refractivity contribution < 1.29 is 14.6 Å². The fourth-order valence-corrected chi connectivity index (χ4v) is 3.26. The Morgan fingerprint density at radius 3 is 2.65 bits per heavy atom. The topological polar surface area (TPSA) is 98.3 Å². The highest BCUT2D eigenvalue weighted by molar-refractivity contribution is 7.18. The molecule has 1 aromatic carbocycles. The molecule has 118 valence electrons. The van der Waals surface area contributed by atoms with Crippen molar-refractivity contribution in [3.8, 4) is 5.75 Å². The van der Waals surface area contributed by atoms with Gasteiger partial charge in [-0.3, -0.25) is 0 Å². The lowest BCUT2D eigenvalue weighted by Gasteiger charge is -2.05. The second-order valence-electron chi connectivity index (χ2n) is 5.11. The van der Waals surface area contributed by atoms with Gasteiger partial charge in [0.15, 0.2) is 12.4 Å². The van der Waals surface area contributed by atoms with Gasteiger partial charge in [-0.2, -0.15) is 0 Å². The third-order valence-electron chi connectivity index (χ3n) is 3.54. The summed E-state index contributed by atoms with van der Waals surface area (Å²) < 4.78 is 5.20. The van der Waals surface area contributed by atoms with E-state index in [0.717, 1.165) is 20.7 Å². The van der Waals surface area contributed by atoms with Crippen LogP contribution in [0.4, 0.5) is 5.82 Å². The fraction of sp³-hybridized carbons (Fsp3) is 0.188. The van der Waals surface area contributed by atoms with Crippen molar-refractivity contribution in [3.63, 3.8) is 0 Å². The normalized spacial score (nSPS) is 10.9. The van der Waals surface area contributed by atoms with Crippen molar-refractivity contribution in [3.05, 3.63) is 46.1 Å². The summed E-state index contributed by atoms with van der Waals surface area (Å²) in [6, 6.07) is 5.83. The monoisotopic (exact) mass is 329 g/mol. The van der Waals surface area contributed by atoms with Crippen LogP contribution in [0, 0.1) is 13.8 Å². The van der Waals surface area contributed by atoms with Gasteiger partial charge in [-0.25, -0.2) is 14.8 Å². The average molecular weight is 329 g/mol. The number of phenolic OH excluding ortho intramolecular Hbond substituents is 1. The van der Waals surface area contributed by atoms with E-state index in [-0.39, 0.29) is 12.4 Å². The second-order valence-corrected chi connectivity index (χ2v) is 6.31. The first-order valence-corrected chi connectivity index (χ1v) is 7.75. The predicted octanol–water partition coefficient (Wildman–Crippen LogP) is 2.95. The SMILES string of the molecule is Cc1sc2nc(COC(=O)c3ccc(O)cc3)nc(N)c2c1C. The Labute approximate surface area is 136 Å². The number of carbonyl (C=O) groups excluding carboxylic acids is 1. The number of rotatable bonds is 3. The minimum Gasteiger partial charge on any atom is -0.508 e. The van der Waals surface area contributed by atoms with Crippen LogP contribution in [0.3, 0.4) is 0 Å². The molecule has 3 rings (SSSR count). The van der Waals surface area contributed by atoms with Gasteiger partial charge in [0.05, 0.1) is 10.9 Å². The lowest BCUT2D eigenvalue weighted by Crippen LogP contribution is -2.08. The molecule has 2 aromatic heterocycles. The minimum atomic E-state index is -0.509. The number of aromatic nitrogens is 2. The van der Waals surface area contributed by atoms with Crippen LogP contribution in [0.2, 0.25) is 0 Å². The zero-order valence-corrected chi connectivity index (χ0v) is 13.5. The number of carbonyl (C=O) groups is 1. The molecule has 0 atom stereocenters. The number of aromatic hydroxyl groups is 1. The Hall–Kier alpha value is -2.67. The Morgan fingerprint density at radius 2 is 1.96 bits per heavy atom. The predicted molar refractivity (Wildman–Crippen MR) is 88.5 cm³/mol. The van der Waals surface area contributed by atoms with Crippen molar-refractivity contribution in [2.75, 3.05) is 5.73 Å². The highest BCUT2D eigenvalue weighted by atomic mass is 32.1. The van der Waals surface area contributed by atoms with Gasteiger partial charge in [-0.1, -0.05) is 0 Å². The molecule has 0 radical (unpaired) electrons. The van der Waals surface area contributed by atoms with Gasteiger partial charge in [0.2, 0.25) is 0 Å². The zero-order valence-electron chi connectivity index (χ0n) is 12.7. The number of aryl methyl sites for hydroxylation is 2. The quantitative estimate of drug-likeness (QED) is 0.717. The van der Waals surface area contributed by atoms with Crippen molar-refractivity contribution >= 4 is 33.3 Å². The lowest BCUT2D eigenvalue weighted by atomic mass is 10.2. The second kappa shape index (κ2) is 5.85. The van der Waals surface area contributed by atoms with E-state index < -0.39 is 5.97 Å². The zero-order chi connectivity index (χ0) is 16.6. The van der Waals surface area contributed by atoms with Crippen molar-refractivity contribution in [2.45, 2.75) is 20.5 Å². The third kappa shape index (κ3) is 2.95. The van der Waals surface area contributed by atoms with Gasteiger partial charge in [-0.15, -0.1) is 11.3 Å². The third-order valence-corrected chi connectivity index (χ3v) is 4.64. The summed E-state index contributed by atoms with van der Waals surface area (Å²) in [5, 5.41) is 10.1. The van der Waals surface area contributed by atoms with Gasteiger partial charge in [0.1, 0.15) is 16.4 Å². The lowest BCUT2D eigenvalue weighted by molar-refractivity contribution is 0.0463. The van der Waals surface area contributed by atoms with E-state index in [9.17, 15) is 9.90 Å². The molecular formula is C16H15N3O3S. The molecule has 7 heteroatoms. The number of fused-ring (bicyclic) bond motifs is 1. The van der Waals surface area contributed by atoms with Crippen LogP contribution in [0.5, 0.6) is 5.75 Å². The molecule has 3 N–H and O–H groups in total. The van der Waals surface area contributed by atoms with E-state index in [1.165, 1.54) is 35.6 Å². The highest BCUT2D eigenvalue weighted by Crippen LogP contribution is 2.31. The number of nitrogens with zero attached hydrogens (tertiary/aromatic N) is 2. The highest BCUT2D eigenvalue weighted by Gasteiger charge is 2.14. The Balaban J connectivity index is 1.79. The number of thiophene rings is 1. The molecule has 0 aliphatic heterocycles. The number of hydrogen-bond donors (Lipinski definition) is 2. The Morgan fingerprint density at radius 1 is 1.26 bits per heavy atom. The van der Waals surface area contributed by atoms with Gasteiger partial charge >= 0.3 is 5.97 Å². The van der Waals surface area contributed by atoms with Gasteiger partial charge in [-0.05, 0) is 43.7 Å². The largest absolute Gasteiger partial charge is 0.508 e. The number of nitrogen functional groups attached to an aromatic ring is 1. The van der Waals surface area contributed by atoms with Gasteiger partial charge in [0.25, 0.3) is 0 Å². The van der Waals surface area contributed by atoms with E-state index in [2.05, 4.69) is 9.97 Å². The molecule has 0 aliphatic rings. The Bertz CT molecular complexity index is 888. The van der Waals surface area contributed by atoms with E-state index in [1.807, 2.05) is 13.8 Å². The van der Waals surface area contributed by atoms with Gasteiger partial charge in [0, 0.05) is 4.88 Å². The maximum absolute atomic E-state index is 11.9. The molecule has 0 saturated heterocycles. The summed E-state index contributed by atoms with van der Waals surface area (Å²) in [4.78, 5) is 22.5. The molecule has 2 heterocycles. The minimum absolute atomic E-state index is 0.0597. The number of phenols is 1. The number of esters is 1. The van der Waals surface area contributed by atoms with Crippen LogP contribution < -0.4 is 5.73 Å². The van der Waals surface area contributed by atoms with Crippen LogP contribution in [0.25, 0.3) is 10.2 Å². The molecule has 0 fully saturated rings. The molecule has 0 amide bonds. The standard InChI is InChI=1S/C16H15N3O3S/c1-8-9(2)23-15-13(8)14(17)18-12(19-15)7-22-16(21)10-3-5-11(20)6-4-10/h3-6,20H,7H2,1-2H3,(H2,17,18,19). The summed E-state index contributed by atoms with van der Waals surface area (Å²) in [5.41, 5.74) is 7.42. The number of nitrogens with two attached hydrogens (primary N) is 1. The molecule has 0 unspecified atom stereocenters. The molecule has 23 heavy (non-hydrogen) atoms.